The van der Waals surface area contributed by atoms with E-state index in [1.165, 1.54) is 32.4 Å². The van der Waals surface area contributed by atoms with Crippen LogP contribution >= 0.6 is 0 Å². The topological polar surface area (TPSA) is 53.0 Å². The van der Waals surface area contributed by atoms with Crippen molar-refractivity contribution in [1.29, 1.82) is 0 Å². The van der Waals surface area contributed by atoms with Gasteiger partial charge < -0.3 is 9.84 Å². The van der Waals surface area contributed by atoms with Gasteiger partial charge in [0.2, 0.25) is 0 Å². The number of ether oxygens (including phenoxy) is 1. The third-order valence-corrected chi connectivity index (χ3v) is 4.96. The summed E-state index contributed by atoms with van der Waals surface area (Å²) in [7, 11) is 0. The summed E-state index contributed by atoms with van der Waals surface area (Å²) in [5.74, 6) is -0.861. The fourth-order valence-electron chi connectivity index (χ4n) is 4.04. The molecule has 5 heteroatoms. The molecule has 0 amide bonds. The third kappa shape index (κ3) is 2.93. The number of carboxylic acid groups (broad SMARTS) is 1. The predicted octanol–water partition coefficient (Wildman–Crippen LogP) is 0.789. The van der Waals surface area contributed by atoms with Crippen molar-refractivity contribution in [2.24, 2.45) is 0 Å². The monoisotopic (exact) mass is 268 g/mol. The molecule has 3 saturated heterocycles. The number of carboxylic acids is 1. The van der Waals surface area contributed by atoms with Crippen molar-refractivity contribution in [2.45, 2.75) is 50.3 Å². The first-order valence-corrected chi connectivity index (χ1v) is 7.55. The maximum atomic E-state index is 10.5. The van der Waals surface area contributed by atoms with Crippen LogP contribution in [0.3, 0.4) is 0 Å². The summed E-state index contributed by atoms with van der Waals surface area (Å²) in [4.78, 5) is 15.8. The minimum atomic E-state index is -0.861. The van der Waals surface area contributed by atoms with Crippen molar-refractivity contribution < 1.29 is 14.6 Å². The molecule has 2 atom stereocenters. The SMILES string of the molecule is O=C(O)COC1CCN(C2CCN3CCCC23)CC1. The standard InChI is InChI=1S/C14H24N2O3/c17-14(18)10-19-11-3-7-16(8-4-11)13-5-9-15-6-1-2-12(13)15/h11-13H,1-10H2,(H,17,18). The van der Waals surface area contributed by atoms with Crippen LogP contribution in [0.15, 0.2) is 0 Å². The fourth-order valence-corrected chi connectivity index (χ4v) is 4.04. The molecule has 19 heavy (non-hydrogen) atoms. The summed E-state index contributed by atoms with van der Waals surface area (Å²) < 4.78 is 5.41. The van der Waals surface area contributed by atoms with Gasteiger partial charge in [0.15, 0.2) is 0 Å². The van der Waals surface area contributed by atoms with Gasteiger partial charge in [0.1, 0.15) is 6.61 Å². The molecular formula is C14H24N2O3. The molecule has 0 bridgehead atoms. The Morgan fingerprint density at radius 3 is 2.37 bits per heavy atom. The van der Waals surface area contributed by atoms with Gasteiger partial charge in [-0.25, -0.2) is 4.79 Å². The number of hydrogen-bond acceptors (Lipinski definition) is 4. The zero-order valence-electron chi connectivity index (χ0n) is 11.5. The van der Waals surface area contributed by atoms with Crippen LogP contribution in [-0.2, 0) is 9.53 Å². The Morgan fingerprint density at radius 1 is 1.00 bits per heavy atom. The van der Waals surface area contributed by atoms with E-state index in [0.717, 1.165) is 38.0 Å². The van der Waals surface area contributed by atoms with Crippen molar-refractivity contribution in [3.05, 3.63) is 0 Å². The zero-order valence-corrected chi connectivity index (χ0v) is 11.5. The lowest BCUT2D eigenvalue weighted by atomic mass is 10.00. The average molecular weight is 268 g/mol. The Kier molecular flexibility index (Phi) is 4.05. The van der Waals surface area contributed by atoms with Gasteiger partial charge >= 0.3 is 5.97 Å². The lowest BCUT2D eigenvalue weighted by Gasteiger charge is -2.38. The second-order valence-electron chi connectivity index (χ2n) is 6.04. The molecule has 0 aromatic heterocycles. The Labute approximate surface area is 114 Å². The number of rotatable bonds is 4. The van der Waals surface area contributed by atoms with E-state index in [0.29, 0.717) is 0 Å². The van der Waals surface area contributed by atoms with Gasteiger partial charge in [0.05, 0.1) is 6.10 Å². The number of aliphatic carboxylic acids is 1. The lowest BCUT2D eigenvalue weighted by Crippen LogP contribution is -2.48. The number of likely N-dealkylation sites (tertiary alicyclic amines) is 1. The number of carbonyl (C=O) groups is 1. The van der Waals surface area contributed by atoms with Gasteiger partial charge in [-0.05, 0) is 38.6 Å². The Morgan fingerprint density at radius 2 is 1.63 bits per heavy atom. The minimum absolute atomic E-state index is 0.147. The second-order valence-corrected chi connectivity index (χ2v) is 6.04. The number of fused-ring (bicyclic) bond motifs is 1. The van der Waals surface area contributed by atoms with Crippen molar-refractivity contribution in [2.75, 3.05) is 32.8 Å². The predicted molar refractivity (Wildman–Crippen MR) is 71.2 cm³/mol. The largest absolute Gasteiger partial charge is 0.480 e. The van der Waals surface area contributed by atoms with Gasteiger partial charge in [0, 0.05) is 31.7 Å². The first-order valence-electron chi connectivity index (χ1n) is 7.55. The fraction of sp³-hybridized carbons (Fsp3) is 0.929. The van der Waals surface area contributed by atoms with E-state index >= 15 is 0 Å². The van der Waals surface area contributed by atoms with E-state index in [2.05, 4.69) is 9.80 Å². The molecule has 0 spiro atoms. The molecular weight excluding hydrogens is 244 g/mol. The smallest absolute Gasteiger partial charge is 0.329 e. The summed E-state index contributed by atoms with van der Waals surface area (Å²) in [6.45, 7) is 4.55. The number of nitrogens with zero attached hydrogens (tertiary/aromatic N) is 2. The highest BCUT2D eigenvalue weighted by atomic mass is 16.5. The van der Waals surface area contributed by atoms with Crippen LogP contribution in [0.2, 0.25) is 0 Å². The van der Waals surface area contributed by atoms with Crippen LogP contribution in [0.25, 0.3) is 0 Å². The van der Waals surface area contributed by atoms with E-state index in [1.54, 1.807) is 0 Å². The summed E-state index contributed by atoms with van der Waals surface area (Å²) in [6, 6.07) is 1.53. The summed E-state index contributed by atoms with van der Waals surface area (Å²) in [6.07, 6.45) is 6.14. The van der Waals surface area contributed by atoms with Crippen molar-refractivity contribution >= 4 is 5.97 Å². The van der Waals surface area contributed by atoms with Crippen LogP contribution in [-0.4, -0.2) is 71.8 Å². The van der Waals surface area contributed by atoms with Gasteiger partial charge in [-0.1, -0.05) is 0 Å². The molecule has 1 N–H and O–H groups in total. The van der Waals surface area contributed by atoms with Crippen LogP contribution in [0.5, 0.6) is 0 Å². The van der Waals surface area contributed by atoms with Crippen LogP contribution in [0, 0.1) is 0 Å². The molecule has 3 aliphatic rings. The molecule has 3 heterocycles. The van der Waals surface area contributed by atoms with Crippen LogP contribution < -0.4 is 0 Å². The van der Waals surface area contributed by atoms with E-state index in [4.69, 9.17) is 9.84 Å². The Bertz CT molecular complexity index is 329. The quantitative estimate of drug-likeness (QED) is 0.817. The Balaban J connectivity index is 1.46. The van der Waals surface area contributed by atoms with E-state index < -0.39 is 5.97 Å². The highest BCUT2D eigenvalue weighted by molar-refractivity contribution is 5.68. The van der Waals surface area contributed by atoms with Gasteiger partial charge in [0.25, 0.3) is 0 Å². The molecule has 0 aromatic rings. The van der Waals surface area contributed by atoms with E-state index in [9.17, 15) is 4.79 Å². The zero-order chi connectivity index (χ0) is 13.2. The van der Waals surface area contributed by atoms with Crippen LogP contribution in [0.4, 0.5) is 0 Å². The second kappa shape index (κ2) is 5.77. The normalized spacial score (nSPS) is 33.7. The van der Waals surface area contributed by atoms with Gasteiger partial charge in [-0.2, -0.15) is 0 Å². The molecule has 2 unspecified atom stereocenters. The van der Waals surface area contributed by atoms with Gasteiger partial charge in [-0.3, -0.25) is 9.80 Å². The number of hydrogen-bond donors (Lipinski definition) is 1. The maximum Gasteiger partial charge on any atom is 0.329 e. The highest BCUT2D eigenvalue weighted by Crippen LogP contribution is 2.32. The molecule has 0 saturated carbocycles. The molecule has 5 nitrogen and oxygen atoms in total. The summed E-state index contributed by atoms with van der Waals surface area (Å²) in [5.41, 5.74) is 0. The van der Waals surface area contributed by atoms with E-state index in [-0.39, 0.29) is 12.7 Å². The van der Waals surface area contributed by atoms with Crippen LogP contribution in [0.1, 0.15) is 32.1 Å². The molecule has 0 aliphatic carbocycles. The first kappa shape index (κ1) is 13.3. The minimum Gasteiger partial charge on any atom is -0.480 e. The van der Waals surface area contributed by atoms with Crippen molar-refractivity contribution in [3.63, 3.8) is 0 Å². The maximum absolute atomic E-state index is 10.5. The van der Waals surface area contributed by atoms with Crippen molar-refractivity contribution in [3.8, 4) is 0 Å². The highest BCUT2D eigenvalue weighted by Gasteiger charge is 2.40. The average Bonchev–Trinajstić information content (AvgIpc) is 2.99. The Hall–Kier alpha value is -0.650. The molecule has 0 aromatic carbocycles. The van der Waals surface area contributed by atoms with Crippen molar-refractivity contribution in [1.82, 2.24) is 9.80 Å². The molecule has 3 aliphatic heterocycles. The summed E-state index contributed by atoms with van der Waals surface area (Å²) in [5, 5.41) is 8.63. The lowest BCUT2D eigenvalue weighted by molar-refractivity contribution is -0.145. The number of piperidine rings is 1. The first-order chi connectivity index (χ1) is 9.24. The third-order valence-electron chi connectivity index (χ3n) is 4.96. The molecule has 3 fully saturated rings. The van der Waals surface area contributed by atoms with E-state index in [1.807, 2.05) is 0 Å². The molecule has 0 radical (unpaired) electrons. The van der Waals surface area contributed by atoms with Gasteiger partial charge in [-0.15, -0.1) is 0 Å². The summed E-state index contributed by atoms with van der Waals surface area (Å²) >= 11 is 0. The molecule has 108 valence electrons. The molecule has 3 rings (SSSR count).